The van der Waals surface area contributed by atoms with Crippen LogP contribution in [-0.2, 0) is 6.42 Å². The maximum absolute atomic E-state index is 5.51. The first-order valence-corrected chi connectivity index (χ1v) is 6.98. The third kappa shape index (κ3) is 3.82. The van der Waals surface area contributed by atoms with E-state index in [9.17, 15) is 0 Å². The lowest BCUT2D eigenvalue weighted by Gasteiger charge is -2.13. The molecular formula is C13H21NO2S. The molecule has 4 heteroatoms. The van der Waals surface area contributed by atoms with Gasteiger partial charge in [0.05, 0.1) is 19.1 Å². The van der Waals surface area contributed by atoms with Gasteiger partial charge in [0.1, 0.15) is 11.5 Å². The molecule has 0 spiro atoms. The molecule has 0 unspecified atom stereocenters. The van der Waals surface area contributed by atoms with Crippen LogP contribution in [0.1, 0.15) is 18.4 Å². The molecule has 3 nitrogen and oxygen atoms in total. The Morgan fingerprint density at radius 2 is 1.82 bits per heavy atom. The van der Waals surface area contributed by atoms with E-state index in [1.165, 1.54) is 5.56 Å². The van der Waals surface area contributed by atoms with Gasteiger partial charge in [-0.2, -0.15) is 0 Å². The summed E-state index contributed by atoms with van der Waals surface area (Å²) < 4.78 is 10.8. The Labute approximate surface area is 108 Å². The van der Waals surface area contributed by atoms with Crippen LogP contribution in [0.2, 0.25) is 0 Å². The molecular weight excluding hydrogens is 234 g/mol. The molecule has 0 bridgehead atoms. The van der Waals surface area contributed by atoms with Crippen LogP contribution in [0.15, 0.2) is 17.0 Å². The van der Waals surface area contributed by atoms with Crippen molar-refractivity contribution in [3.05, 3.63) is 17.7 Å². The average molecular weight is 255 g/mol. The molecule has 0 aliphatic rings. The quantitative estimate of drug-likeness (QED) is 0.601. The maximum Gasteiger partial charge on any atom is 0.132 e. The van der Waals surface area contributed by atoms with Gasteiger partial charge in [-0.3, -0.25) is 0 Å². The van der Waals surface area contributed by atoms with Crippen molar-refractivity contribution < 1.29 is 9.47 Å². The second kappa shape index (κ2) is 7.45. The Hall–Kier alpha value is -0.870. The molecule has 0 aliphatic heterocycles. The first-order chi connectivity index (χ1) is 8.26. The second-order valence-corrected chi connectivity index (χ2v) is 4.61. The number of methoxy groups -OCH3 is 2. The average Bonchev–Trinajstić information content (AvgIpc) is 2.38. The van der Waals surface area contributed by atoms with E-state index < -0.39 is 0 Å². The highest BCUT2D eigenvalue weighted by molar-refractivity contribution is 7.98. The normalized spacial score (nSPS) is 10.4. The summed E-state index contributed by atoms with van der Waals surface area (Å²) in [5.74, 6) is 1.85. The molecule has 0 saturated heterocycles. The third-order valence-corrected chi connectivity index (χ3v) is 3.45. The van der Waals surface area contributed by atoms with Crippen molar-refractivity contribution in [3.8, 4) is 11.5 Å². The molecule has 0 radical (unpaired) electrons. The van der Waals surface area contributed by atoms with Gasteiger partial charge in [-0.15, -0.1) is 11.8 Å². The summed E-state index contributed by atoms with van der Waals surface area (Å²) in [5, 5.41) is 0. The van der Waals surface area contributed by atoms with Crippen LogP contribution in [0.5, 0.6) is 11.5 Å². The van der Waals surface area contributed by atoms with E-state index in [4.69, 9.17) is 15.2 Å². The fraction of sp³-hybridized carbons (Fsp3) is 0.538. The molecule has 0 aliphatic carbocycles. The highest BCUT2D eigenvalue weighted by Gasteiger charge is 2.10. The topological polar surface area (TPSA) is 44.5 Å². The molecule has 0 aromatic heterocycles. The first kappa shape index (κ1) is 14.2. The van der Waals surface area contributed by atoms with Crippen molar-refractivity contribution in [2.45, 2.75) is 24.2 Å². The molecule has 0 saturated carbocycles. The molecule has 0 atom stereocenters. The van der Waals surface area contributed by atoms with Crippen molar-refractivity contribution >= 4 is 11.8 Å². The third-order valence-electron chi connectivity index (χ3n) is 2.69. The minimum atomic E-state index is 0.738. The SMILES string of the molecule is COc1cc(SC)c(OC)cc1CCCCN. The molecule has 1 aromatic rings. The van der Waals surface area contributed by atoms with Crippen LogP contribution in [-0.4, -0.2) is 27.0 Å². The summed E-state index contributed by atoms with van der Waals surface area (Å²) in [6, 6.07) is 4.11. The number of thioether (sulfide) groups is 1. The van der Waals surface area contributed by atoms with Crippen LogP contribution < -0.4 is 15.2 Å². The summed E-state index contributed by atoms with van der Waals surface area (Å²) in [5.41, 5.74) is 6.70. The van der Waals surface area contributed by atoms with Gasteiger partial charge >= 0.3 is 0 Å². The fourth-order valence-electron chi connectivity index (χ4n) is 1.75. The van der Waals surface area contributed by atoms with E-state index in [0.29, 0.717) is 0 Å². The fourth-order valence-corrected chi connectivity index (χ4v) is 2.32. The highest BCUT2D eigenvalue weighted by Crippen LogP contribution is 2.35. The van der Waals surface area contributed by atoms with E-state index in [1.807, 2.05) is 12.3 Å². The Balaban J connectivity index is 2.93. The summed E-state index contributed by atoms with van der Waals surface area (Å²) in [4.78, 5) is 1.10. The Morgan fingerprint density at radius 3 is 2.35 bits per heavy atom. The van der Waals surface area contributed by atoms with Crippen molar-refractivity contribution in [1.82, 2.24) is 0 Å². The van der Waals surface area contributed by atoms with Gasteiger partial charge in [-0.25, -0.2) is 0 Å². The Bertz CT molecular complexity index is 356. The van der Waals surface area contributed by atoms with Gasteiger partial charge < -0.3 is 15.2 Å². The number of rotatable bonds is 7. The summed E-state index contributed by atoms with van der Waals surface area (Å²) in [7, 11) is 3.41. The van der Waals surface area contributed by atoms with E-state index in [1.54, 1.807) is 26.0 Å². The first-order valence-electron chi connectivity index (χ1n) is 5.75. The summed E-state index contributed by atoms with van der Waals surface area (Å²) in [6.45, 7) is 0.738. The van der Waals surface area contributed by atoms with Gasteiger partial charge in [0.25, 0.3) is 0 Å². The lowest BCUT2D eigenvalue weighted by Crippen LogP contribution is -2.00. The summed E-state index contributed by atoms with van der Waals surface area (Å²) >= 11 is 1.66. The Kier molecular flexibility index (Phi) is 6.22. The lowest BCUT2D eigenvalue weighted by atomic mass is 10.1. The molecule has 2 N–H and O–H groups in total. The van der Waals surface area contributed by atoms with E-state index in [0.717, 1.165) is 42.2 Å². The van der Waals surface area contributed by atoms with Gasteiger partial charge in [0.15, 0.2) is 0 Å². The van der Waals surface area contributed by atoms with Crippen LogP contribution in [0.25, 0.3) is 0 Å². The highest BCUT2D eigenvalue weighted by atomic mass is 32.2. The smallest absolute Gasteiger partial charge is 0.132 e. The zero-order valence-electron chi connectivity index (χ0n) is 10.8. The van der Waals surface area contributed by atoms with Crippen LogP contribution in [0, 0.1) is 0 Å². The number of aryl methyl sites for hydroxylation is 1. The number of ether oxygens (including phenoxy) is 2. The predicted molar refractivity (Wildman–Crippen MR) is 73.3 cm³/mol. The monoisotopic (exact) mass is 255 g/mol. The largest absolute Gasteiger partial charge is 0.496 e. The van der Waals surface area contributed by atoms with E-state index in [-0.39, 0.29) is 0 Å². The molecule has 0 amide bonds. The minimum absolute atomic E-state index is 0.738. The molecule has 96 valence electrons. The molecule has 1 aromatic carbocycles. The van der Waals surface area contributed by atoms with Crippen LogP contribution in [0.4, 0.5) is 0 Å². The van der Waals surface area contributed by atoms with Crippen molar-refractivity contribution in [2.75, 3.05) is 27.0 Å². The second-order valence-electron chi connectivity index (χ2n) is 3.76. The molecule has 0 heterocycles. The number of nitrogens with two attached hydrogens (primary N) is 1. The number of hydrogen-bond donors (Lipinski definition) is 1. The molecule has 17 heavy (non-hydrogen) atoms. The van der Waals surface area contributed by atoms with Crippen LogP contribution in [0.3, 0.4) is 0 Å². The van der Waals surface area contributed by atoms with Crippen molar-refractivity contribution in [2.24, 2.45) is 5.73 Å². The number of unbranched alkanes of at least 4 members (excludes halogenated alkanes) is 1. The molecule has 1 rings (SSSR count). The summed E-state index contributed by atoms with van der Waals surface area (Å²) in [6.07, 6.45) is 5.13. The van der Waals surface area contributed by atoms with Crippen molar-refractivity contribution in [1.29, 1.82) is 0 Å². The minimum Gasteiger partial charge on any atom is -0.496 e. The van der Waals surface area contributed by atoms with Crippen LogP contribution >= 0.6 is 11.8 Å². The van der Waals surface area contributed by atoms with Gasteiger partial charge in [-0.1, -0.05) is 0 Å². The van der Waals surface area contributed by atoms with Gasteiger partial charge in [0, 0.05) is 0 Å². The van der Waals surface area contributed by atoms with Gasteiger partial charge in [-0.05, 0) is 49.8 Å². The van der Waals surface area contributed by atoms with Crippen molar-refractivity contribution in [3.63, 3.8) is 0 Å². The van der Waals surface area contributed by atoms with Gasteiger partial charge in [0.2, 0.25) is 0 Å². The maximum atomic E-state index is 5.51. The molecule has 0 fully saturated rings. The number of hydrogen-bond acceptors (Lipinski definition) is 4. The predicted octanol–water partition coefficient (Wildman–Crippen LogP) is 2.71. The van der Waals surface area contributed by atoms with E-state index in [2.05, 4.69) is 6.07 Å². The lowest BCUT2D eigenvalue weighted by molar-refractivity contribution is 0.390. The Morgan fingerprint density at radius 1 is 1.12 bits per heavy atom. The standard InChI is InChI=1S/C13H21NO2S/c1-15-11-9-13(17-3)12(16-2)8-10(11)6-4-5-7-14/h8-9H,4-7,14H2,1-3H3. The number of benzene rings is 1. The zero-order valence-corrected chi connectivity index (χ0v) is 11.6. The zero-order chi connectivity index (χ0) is 12.7. The van der Waals surface area contributed by atoms with E-state index >= 15 is 0 Å².